The predicted octanol–water partition coefficient (Wildman–Crippen LogP) is 4.67. The molecule has 0 bridgehead atoms. The molecule has 0 saturated heterocycles. The molecule has 2 aromatic rings. The van der Waals surface area contributed by atoms with E-state index in [1.165, 1.54) is 0 Å². The topological polar surface area (TPSA) is 76.5 Å². The second-order valence-electron chi connectivity index (χ2n) is 9.90. The number of methoxy groups -OCH3 is 1. The number of carbonyl (C=O) groups excluding carboxylic acids is 2. The first kappa shape index (κ1) is 25.9. The Hall–Kier alpha value is -2.38. The highest BCUT2D eigenvalue weighted by molar-refractivity contribution is 6.32. The van der Waals surface area contributed by atoms with Gasteiger partial charge in [0.05, 0.1) is 22.9 Å². The number of nitrogens with zero attached hydrogens (tertiary/aromatic N) is 3. The van der Waals surface area contributed by atoms with E-state index in [2.05, 4.69) is 26.1 Å². The Balaban J connectivity index is 2.31. The van der Waals surface area contributed by atoms with Crippen LogP contribution in [-0.4, -0.2) is 53.3 Å². The smallest absolute Gasteiger partial charge is 0.245 e. The lowest BCUT2D eigenvalue weighted by molar-refractivity contribution is -0.142. The minimum atomic E-state index is -0.591. The number of anilines is 1. The molecule has 0 aliphatic rings. The molecular formula is C24H35ClN4O3. The summed E-state index contributed by atoms with van der Waals surface area (Å²) in [5, 5.41) is 8.16. The van der Waals surface area contributed by atoms with E-state index in [4.69, 9.17) is 21.4 Å². The van der Waals surface area contributed by atoms with Gasteiger partial charge in [0.15, 0.2) is 0 Å². The van der Waals surface area contributed by atoms with Crippen molar-refractivity contribution in [3.05, 3.63) is 41.0 Å². The summed E-state index contributed by atoms with van der Waals surface area (Å²) in [6.45, 7) is 12.6. The number of carbonyl (C=O) groups is 2. The maximum Gasteiger partial charge on any atom is 0.245 e. The first-order valence-electron chi connectivity index (χ1n) is 10.8. The van der Waals surface area contributed by atoms with Crippen molar-refractivity contribution >= 4 is 29.2 Å². The molecule has 0 aliphatic heterocycles. The molecular weight excluding hydrogens is 428 g/mol. The summed E-state index contributed by atoms with van der Waals surface area (Å²) in [5.74, 6) is 0.125. The Labute approximate surface area is 196 Å². The van der Waals surface area contributed by atoms with Gasteiger partial charge in [-0.15, -0.1) is 0 Å². The summed E-state index contributed by atoms with van der Waals surface area (Å²) in [6, 6.07) is 9.18. The van der Waals surface area contributed by atoms with Gasteiger partial charge in [0, 0.05) is 37.2 Å². The Morgan fingerprint density at radius 3 is 2.38 bits per heavy atom. The van der Waals surface area contributed by atoms with Crippen molar-refractivity contribution in [2.45, 2.75) is 53.4 Å². The number of hydrogen-bond acceptors (Lipinski definition) is 4. The summed E-state index contributed by atoms with van der Waals surface area (Å²) in [4.78, 5) is 27.5. The quantitative estimate of drug-likeness (QED) is 0.578. The number of nitrogens with one attached hydrogen (secondary N) is 1. The van der Waals surface area contributed by atoms with E-state index in [9.17, 15) is 9.59 Å². The highest BCUT2D eigenvalue weighted by Crippen LogP contribution is 2.29. The van der Waals surface area contributed by atoms with Crippen LogP contribution in [-0.2, 0) is 19.7 Å². The number of halogens is 1. The van der Waals surface area contributed by atoms with Gasteiger partial charge < -0.3 is 15.0 Å². The van der Waals surface area contributed by atoms with Gasteiger partial charge in [0.1, 0.15) is 5.82 Å². The summed E-state index contributed by atoms with van der Waals surface area (Å²) >= 11 is 6.40. The average molecular weight is 463 g/mol. The third-order valence-corrected chi connectivity index (χ3v) is 5.19. The average Bonchev–Trinajstić information content (AvgIpc) is 3.10. The van der Waals surface area contributed by atoms with E-state index in [1.54, 1.807) is 22.8 Å². The van der Waals surface area contributed by atoms with Crippen LogP contribution in [0.5, 0.6) is 0 Å². The summed E-state index contributed by atoms with van der Waals surface area (Å²) in [6.07, 6.45) is 0.650. The number of ether oxygens (including phenoxy) is 1. The van der Waals surface area contributed by atoms with Gasteiger partial charge in [0.2, 0.25) is 11.8 Å². The van der Waals surface area contributed by atoms with Gasteiger partial charge >= 0.3 is 0 Å². The van der Waals surface area contributed by atoms with Gasteiger partial charge in [-0.25, -0.2) is 4.68 Å². The van der Waals surface area contributed by atoms with Crippen LogP contribution >= 0.6 is 11.6 Å². The van der Waals surface area contributed by atoms with E-state index in [-0.39, 0.29) is 23.8 Å². The third-order valence-electron chi connectivity index (χ3n) is 4.87. The van der Waals surface area contributed by atoms with Crippen molar-refractivity contribution in [3.8, 4) is 5.69 Å². The standard InChI is InChI=1S/C24H35ClN4O3/c1-23(2,3)19-15-20(29(27-19)18-12-9-8-11-17(18)25)26-21(30)16-28(13-10-14-32-7)22(31)24(4,5)6/h8-9,11-12,15H,10,13-14,16H2,1-7H3,(H,26,30). The van der Waals surface area contributed by atoms with Gasteiger partial charge in [-0.3, -0.25) is 9.59 Å². The molecule has 8 heteroatoms. The lowest BCUT2D eigenvalue weighted by Crippen LogP contribution is -2.44. The highest BCUT2D eigenvalue weighted by Gasteiger charge is 2.29. The molecule has 0 aliphatic carbocycles. The zero-order chi connectivity index (χ0) is 24.1. The van der Waals surface area contributed by atoms with Crippen LogP contribution < -0.4 is 5.32 Å². The molecule has 0 saturated carbocycles. The number of hydrogen-bond donors (Lipinski definition) is 1. The Morgan fingerprint density at radius 2 is 1.81 bits per heavy atom. The van der Waals surface area contributed by atoms with Crippen LogP contribution in [0.15, 0.2) is 30.3 Å². The number of rotatable bonds is 8. The molecule has 1 N–H and O–H groups in total. The first-order chi connectivity index (χ1) is 14.8. The van der Waals surface area contributed by atoms with Crippen molar-refractivity contribution < 1.29 is 14.3 Å². The van der Waals surface area contributed by atoms with E-state index < -0.39 is 5.41 Å². The predicted molar refractivity (Wildman–Crippen MR) is 128 cm³/mol. The van der Waals surface area contributed by atoms with Gasteiger partial charge in [0.25, 0.3) is 0 Å². The molecule has 7 nitrogen and oxygen atoms in total. The zero-order valence-corrected chi connectivity index (χ0v) is 20.9. The molecule has 1 aromatic carbocycles. The number of benzene rings is 1. The number of amides is 2. The number of para-hydroxylation sites is 1. The van der Waals surface area contributed by atoms with Crippen LogP contribution in [0.3, 0.4) is 0 Å². The molecule has 32 heavy (non-hydrogen) atoms. The molecule has 1 aromatic heterocycles. The molecule has 2 rings (SSSR count). The van der Waals surface area contributed by atoms with Crippen molar-refractivity contribution in [3.63, 3.8) is 0 Å². The molecule has 1 heterocycles. The van der Waals surface area contributed by atoms with Crippen LogP contribution in [0.25, 0.3) is 5.69 Å². The second kappa shape index (κ2) is 10.5. The minimum absolute atomic E-state index is 0.0572. The maximum atomic E-state index is 13.0. The molecule has 0 fully saturated rings. The third kappa shape index (κ3) is 6.81. The molecule has 0 unspecified atom stereocenters. The normalized spacial score (nSPS) is 12.0. The lowest BCUT2D eigenvalue weighted by atomic mass is 9.92. The van der Waals surface area contributed by atoms with Crippen molar-refractivity contribution in [1.82, 2.24) is 14.7 Å². The van der Waals surface area contributed by atoms with Gasteiger partial charge in [-0.1, -0.05) is 65.3 Å². The maximum absolute atomic E-state index is 13.0. The zero-order valence-electron chi connectivity index (χ0n) is 20.2. The largest absolute Gasteiger partial charge is 0.385 e. The van der Waals surface area contributed by atoms with Crippen molar-refractivity contribution in [2.24, 2.45) is 5.41 Å². The minimum Gasteiger partial charge on any atom is -0.385 e. The van der Waals surface area contributed by atoms with Crippen LogP contribution in [0.1, 0.15) is 53.7 Å². The van der Waals surface area contributed by atoms with Gasteiger partial charge in [-0.05, 0) is 18.6 Å². The van der Waals surface area contributed by atoms with E-state index in [0.29, 0.717) is 36.1 Å². The first-order valence-corrected chi connectivity index (χ1v) is 11.2. The Morgan fingerprint density at radius 1 is 1.16 bits per heavy atom. The van der Waals surface area contributed by atoms with Crippen molar-refractivity contribution in [1.29, 1.82) is 0 Å². The number of aromatic nitrogens is 2. The summed E-state index contributed by atoms with van der Waals surface area (Å²) < 4.78 is 6.75. The molecule has 0 spiro atoms. The lowest BCUT2D eigenvalue weighted by Gasteiger charge is -2.29. The molecule has 176 valence electrons. The summed E-state index contributed by atoms with van der Waals surface area (Å²) in [7, 11) is 1.62. The van der Waals surface area contributed by atoms with E-state index >= 15 is 0 Å². The fourth-order valence-corrected chi connectivity index (χ4v) is 3.34. The van der Waals surface area contributed by atoms with Crippen LogP contribution in [0, 0.1) is 5.41 Å². The molecule has 2 amide bonds. The van der Waals surface area contributed by atoms with Crippen LogP contribution in [0.2, 0.25) is 5.02 Å². The molecule has 0 radical (unpaired) electrons. The monoisotopic (exact) mass is 462 g/mol. The van der Waals surface area contributed by atoms with E-state index in [0.717, 1.165) is 5.69 Å². The SMILES string of the molecule is COCCCN(CC(=O)Nc1cc(C(C)(C)C)nn1-c1ccccc1Cl)C(=O)C(C)(C)C. The fraction of sp³-hybridized carbons (Fsp3) is 0.542. The second-order valence-corrected chi connectivity index (χ2v) is 10.3. The van der Waals surface area contributed by atoms with Crippen LogP contribution in [0.4, 0.5) is 5.82 Å². The fourth-order valence-electron chi connectivity index (χ4n) is 3.13. The Bertz CT molecular complexity index is 941. The van der Waals surface area contributed by atoms with Crippen molar-refractivity contribution in [2.75, 3.05) is 32.1 Å². The van der Waals surface area contributed by atoms with E-state index in [1.807, 2.05) is 45.0 Å². The molecule has 0 atom stereocenters. The van der Waals surface area contributed by atoms with Gasteiger partial charge in [-0.2, -0.15) is 5.10 Å². The highest BCUT2D eigenvalue weighted by atomic mass is 35.5. The Kier molecular flexibility index (Phi) is 8.48. The summed E-state index contributed by atoms with van der Waals surface area (Å²) in [5.41, 5.74) is 0.671.